The number of carboxylic acid groups (broad SMARTS) is 1. The number of rotatable bonds is 7. The van der Waals surface area contributed by atoms with Crippen LogP contribution in [0.25, 0.3) is 0 Å². The largest absolute Gasteiger partial charge is 0.481 e. The molecule has 3 N–H and O–H groups in total. The number of aliphatic carboxylic acids is 1. The molecule has 0 saturated heterocycles. The van der Waals surface area contributed by atoms with Crippen LogP contribution in [0, 0.1) is 29.1 Å². The summed E-state index contributed by atoms with van der Waals surface area (Å²) in [5.74, 6) is 0.704. The van der Waals surface area contributed by atoms with E-state index in [2.05, 4.69) is 26.0 Å². The van der Waals surface area contributed by atoms with Crippen molar-refractivity contribution in [1.82, 2.24) is 0 Å². The summed E-state index contributed by atoms with van der Waals surface area (Å²) in [6.45, 7) is 4.47. The summed E-state index contributed by atoms with van der Waals surface area (Å²) in [6.07, 6.45) is 13.8. The highest BCUT2D eigenvalue weighted by Crippen LogP contribution is 2.64. The number of fused-ring (bicyclic) bond motifs is 1. The first-order valence-electron chi connectivity index (χ1n) is 10.8. The molecule has 0 aromatic carbocycles. The summed E-state index contributed by atoms with van der Waals surface area (Å²) >= 11 is 0. The summed E-state index contributed by atoms with van der Waals surface area (Å²) in [4.78, 5) is 10.8. The summed E-state index contributed by atoms with van der Waals surface area (Å²) in [7, 11) is 0. The van der Waals surface area contributed by atoms with E-state index in [-0.39, 0.29) is 23.9 Å². The van der Waals surface area contributed by atoms with Gasteiger partial charge in [-0.1, -0.05) is 63.3 Å². The molecule has 0 heterocycles. The SMILES string of the molecule is CC1C(=CCCC(=O)O)[C@]2(C)CC[C@H](O)[C@@H](C=CC(O)CC3CCCC3)[C@H]12. The van der Waals surface area contributed by atoms with Gasteiger partial charge in [0.25, 0.3) is 0 Å². The molecular weight excluding hydrogens is 340 g/mol. The number of aliphatic hydroxyl groups excluding tert-OH is 2. The average molecular weight is 377 g/mol. The predicted molar refractivity (Wildman–Crippen MR) is 106 cm³/mol. The van der Waals surface area contributed by atoms with Gasteiger partial charge in [0, 0.05) is 12.3 Å². The Morgan fingerprint density at radius 3 is 2.67 bits per heavy atom. The van der Waals surface area contributed by atoms with Crippen molar-refractivity contribution in [2.75, 3.05) is 0 Å². The van der Waals surface area contributed by atoms with E-state index in [9.17, 15) is 15.0 Å². The molecule has 6 atom stereocenters. The minimum Gasteiger partial charge on any atom is -0.481 e. The number of hydrogen-bond donors (Lipinski definition) is 3. The fraction of sp³-hybridized carbons (Fsp3) is 0.783. The molecule has 4 heteroatoms. The Bertz CT molecular complexity index is 589. The molecule has 3 saturated carbocycles. The van der Waals surface area contributed by atoms with Crippen molar-refractivity contribution in [1.29, 1.82) is 0 Å². The van der Waals surface area contributed by atoms with E-state index in [0.717, 1.165) is 19.3 Å². The van der Waals surface area contributed by atoms with Crippen LogP contribution in [-0.2, 0) is 4.79 Å². The molecule has 152 valence electrons. The standard InChI is InChI=1S/C23H36O4/c1-15-19(8-5-9-21(26)27)23(2)13-12-20(25)18(22(15)23)11-10-17(24)14-16-6-3-4-7-16/h8,10-11,15-18,20,22,24-25H,3-7,9,12-14H2,1-2H3,(H,26,27)/t15?,17?,18-,20+,22+,23+/m1/s1. The maximum atomic E-state index is 10.8. The van der Waals surface area contributed by atoms with Crippen LogP contribution in [0.2, 0.25) is 0 Å². The second-order valence-corrected chi connectivity index (χ2v) is 9.35. The van der Waals surface area contributed by atoms with Crippen molar-refractivity contribution >= 4 is 5.97 Å². The Morgan fingerprint density at radius 1 is 1.30 bits per heavy atom. The molecule has 0 aromatic heterocycles. The highest BCUT2D eigenvalue weighted by atomic mass is 16.4. The zero-order valence-electron chi connectivity index (χ0n) is 16.8. The fourth-order valence-electron chi connectivity index (χ4n) is 6.25. The number of hydrogen-bond acceptors (Lipinski definition) is 3. The minimum atomic E-state index is -0.753. The predicted octanol–water partition coefficient (Wildman–Crippen LogP) is 4.32. The summed E-state index contributed by atoms with van der Waals surface area (Å²) in [6, 6.07) is 0. The third-order valence-electron chi connectivity index (χ3n) is 7.57. The van der Waals surface area contributed by atoms with Crippen molar-refractivity contribution in [3.8, 4) is 0 Å². The highest BCUT2D eigenvalue weighted by molar-refractivity contribution is 5.66. The van der Waals surface area contributed by atoms with Gasteiger partial charge in [-0.25, -0.2) is 0 Å². The van der Waals surface area contributed by atoms with Gasteiger partial charge in [-0.05, 0) is 48.9 Å². The molecule has 0 aromatic rings. The van der Waals surface area contributed by atoms with Gasteiger partial charge in [-0.2, -0.15) is 0 Å². The molecule has 0 spiro atoms. The van der Waals surface area contributed by atoms with Gasteiger partial charge in [0.15, 0.2) is 0 Å². The normalized spacial score (nSPS) is 39.5. The average Bonchev–Trinajstić information content (AvgIpc) is 3.11. The van der Waals surface area contributed by atoms with E-state index in [4.69, 9.17) is 5.11 Å². The second kappa shape index (κ2) is 8.48. The monoisotopic (exact) mass is 376 g/mol. The van der Waals surface area contributed by atoms with Crippen LogP contribution in [-0.4, -0.2) is 33.5 Å². The fourth-order valence-corrected chi connectivity index (χ4v) is 6.25. The van der Waals surface area contributed by atoms with Crippen molar-refractivity contribution in [3.05, 3.63) is 23.8 Å². The number of aliphatic hydroxyl groups is 2. The Hall–Kier alpha value is -1.13. The second-order valence-electron chi connectivity index (χ2n) is 9.35. The molecule has 0 aliphatic heterocycles. The molecule has 3 fully saturated rings. The zero-order valence-corrected chi connectivity index (χ0v) is 16.8. The van der Waals surface area contributed by atoms with E-state index in [0.29, 0.717) is 24.2 Å². The molecule has 0 bridgehead atoms. The van der Waals surface area contributed by atoms with Crippen LogP contribution >= 0.6 is 0 Å². The van der Waals surface area contributed by atoms with Crippen LogP contribution in [0.3, 0.4) is 0 Å². The molecule has 2 unspecified atom stereocenters. The molecule has 3 aliphatic rings. The number of carbonyl (C=O) groups is 1. The highest BCUT2D eigenvalue weighted by Gasteiger charge is 2.58. The molecule has 3 rings (SSSR count). The third-order valence-corrected chi connectivity index (χ3v) is 7.57. The number of allylic oxidation sites excluding steroid dienone is 2. The van der Waals surface area contributed by atoms with E-state index < -0.39 is 12.1 Å². The molecule has 3 aliphatic carbocycles. The van der Waals surface area contributed by atoms with Crippen molar-refractivity contribution in [2.24, 2.45) is 29.1 Å². The third kappa shape index (κ3) is 4.32. The van der Waals surface area contributed by atoms with Gasteiger partial charge in [0.2, 0.25) is 0 Å². The lowest BCUT2D eigenvalue weighted by atomic mass is 9.43. The first-order chi connectivity index (χ1) is 12.8. The maximum Gasteiger partial charge on any atom is 0.303 e. The quantitative estimate of drug-likeness (QED) is 0.578. The molecular formula is C23H36O4. The Kier molecular flexibility index (Phi) is 6.47. The van der Waals surface area contributed by atoms with Crippen LogP contribution in [0.4, 0.5) is 0 Å². The lowest BCUT2D eigenvalue weighted by molar-refractivity contribution is -0.136. The van der Waals surface area contributed by atoms with Gasteiger partial charge in [0.05, 0.1) is 12.2 Å². The van der Waals surface area contributed by atoms with Crippen molar-refractivity contribution in [2.45, 2.75) is 83.8 Å². The van der Waals surface area contributed by atoms with Gasteiger partial charge in [0.1, 0.15) is 0 Å². The van der Waals surface area contributed by atoms with E-state index in [1.807, 2.05) is 6.08 Å². The van der Waals surface area contributed by atoms with Crippen LogP contribution in [0.15, 0.2) is 23.8 Å². The van der Waals surface area contributed by atoms with Crippen LogP contribution in [0.5, 0.6) is 0 Å². The van der Waals surface area contributed by atoms with Crippen LogP contribution < -0.4 is 0 Å². The smallest absolute Gasteiger partial charge is 0.303 e. The zero-order chi connectivity index (χ0) is 19.6. The number of carboxylic acids is 1. The van der Waals surface area contributed by atoms with Crippen LogP contribution in [0.1, 0.15) is 71.6 Å². The van der Waals surface area contributed by atoms with Crippen molar-refractivity contribution in [3.63, 3.8) is 0 Å². The van der Waals surface area contributed by atoms with Crippen molar-refractivity contribution < 1.29 is 20.1 Å². The first kappa shape index (κ1) is 20.6. The lowest BCUT2D eigenvalue weighted by Crippen LogP contribution is -2.56. The Labute approximate surface area is 163 Å². The topological polar surface area (TPSA) is 77.8 Å². The molecule has 27 heavy (non-hydrogen) atoms. The Morgan fingerprint density at radius 2 is 2.00 bits per heavy atom. The summed E-state index contributed by atoms with van der Waals surface area (Å²) in [5.41, 5.74) is 1.42. The van der Waals surface area contributed by atoms with Gasteiger partial charge < -0.3 is 15.3 Å². The van der Waals surface area contributed by atoms with E-state index in [1.165, 1.54) is 31.3 Å². The summed E-state index contributed by atoms with van der Waals surface area (Å²) < 4.78 is 0. The molecule has 0 radical (unpaired) electrons. The van der Waals surface area contributed by atoms with Gasteiger partial charge >= 0.3 is 5.97 Å². The molecule has 0 amide bonds. The Balaban J connectivity index is 1.65. The van der Waals surface area contributed by atoms with Gasteiger partial charge in [-0.3, -0.25) is 4.79 Å². The summed E-state index contributed by atoms with van der Waals surface area (Å²) in [5, 5.41) is 29.9. The molecule has 4 nitrogen and oxygen atoms in total. The van der Waals surface area contributed by atoms with Gasteiger partial charge in [-0.15, -0.1) is 0 Å². The first-order valence-corrected chi connectivity index (χ1v) is 10.8. The maximum absolute atomic E-state index is 10.8. The van der Waals surface area contributed by atoms with E-state index >= 15 is 0 Å². The minimum absolute atomic E-state index is 0.0581. The van der Waals surface area contributed by atoms with E-state index in [1.54, 1.807) is 0 Å². The lowest BCUT2D eigenvalue weighted by Gasteiger charge is -2.62.